The highest BCUT2D eigenvalue weighted by atomic mass is 16.1. The highest BCUT2D eigenvalue weighted by molar-refractivity contribution is 5.81. The van der Waals surface area contributed by atoms with E-state index >= 15 is 0 Å². The van der Waals surface area contributed by atoms with Crippen LogP contribution in [0.25, 0.3) is 11.2 Å². The summed E-state index contributed by atoms with van der Waals surface area (Å²) in [5, 5.41) is 0. The predicted octanol–water partition coefficient (Wildman–Crippen LogP) is 1.08. The van der Waals surface area contributed by atoms with Crippen molar-refractivity contribution in [2.75, 3.05) is 0 Å². The number of nitrogens with one attached hydrogen (secondary N) is 1. The maximum atomic E-state index is 10.4. The number of imidazole rings is 1. The van der Waals surface area contributed by atoms with Crippen molar-refractivity contribution < 1.29 is 4.79 Å². The fourth-order valence-corrected chi connectivity index (χ4v) is 1.11. The summed E-state index contributed by atoms with van der Waals surface area (Å²) < 4.78 is 0. The standard InChI is InChI=1S/C8H7N3O/c1-5-2-3-9-8-7(5)10-6(4-12)11-8/h2-4H,1H3,(H,9,10,11). The molecule has 2 heterocycles. The number of fused-ring (bicyclic) bond motifs is 1. The average Bonchev–Trinajstić information content (AvgIpc) is 2.49. The lowest BCUT2D eigenvalue weighted by Gasteiger charge is -1.90. The van der Waals surface area contributed by atoms with E-state index in [0.717, 1.165) is 11.1 Å². The maximum absolute atomic E-state index is 10.4. The molecule has 0 atom stereocenters. The van der Waals surface area contributed by atoms with Crippen LogP contribution in [0.2, 0.25) is 0 Å². The number of hydrogen-bond acceptors (Lipinski definition) is 3. The molecular formula is C8H7N3O. The number of pyridine rings is 1. The summed E-state index contributed by atoms with van der Waals surface area (Å²) in [5.41, 5.74) is 2.47. The Hall–Kier alpha value is -1.71. The van der Waals surface area contributed by atoms with Gasteiger partial charge in [-0.25, -0.2) is 9.97 Å². The van der Waals surface area contributed by atoms with Crippen molar-refractivity contribution >= 4 is 17.5 Å². The number of aromatic amines is 1. The van der Waals surface area contributed by atoms with Gasteiger partial charge in [-0.2, -0.15) is 0 Å². The molecule has 0 aromatic carbocycles. The molecule has 1 N–H and O–H groups in total. The Bertz CT molecular complexity index is 433. The van der Waals surface area contributed by atoms with Crippen LogP contribution in [0.15, 0.2) is 12.3 Å². The Morgan fingerprint density at radius 2 is 2.42 bits per heavy atom. The third-order valence-electron chi connectivity index (χ3n) is 1.73. The molecule has 60 valence electrons. The van der Waals surface area contributed by atoms with Gasteiger partial charge in [0.15, 0.2) is 17.8 Å². The molecule has 0 saturated carbocycles. The van der Waals surface area contributed by atoms with E-state index in [4.69, 9.17) is 0 Å². The van der Waals surface area contributed by atoms with E-state index in [2.05, 4.69) is 15.0 Å². The minimum atomic E-state index is 0.326. The molecule has 0 saturated heterocycles. The van der Waals surface area contributed by atoms with Gasteiger partial charge >= 0.3 is 0 Å². The summed E-state index contributed by atoms with van der Waals surface area (Å²) in [6.45, 7) is 1.94. The van der Waals surface area contributed by atoms with E-state index in [1.54, 1.807) is 6.20 Å². The fraction of sp³-hybridized carbons (Fsp3) is 0.125. The molecule has 12 heavy (non-hydrogen) atoms. The summed E-state index contributed by atoms with van der Waals surface area (Å²) in [4.78, 5) is 21.2. The van der Waals surface area contributed by atoms with E-state index in [1.165, 1.54) is 0 Å². The largest absolute Gasteiger partial charge is 0.334 e. The number of aryl methyl sites for hydroxylation is 1. The van der Waals surface area contributed by atoms with Crippen molar-refractivity contribution in [1.29, 1.82) is 0 Å². The van der Waals surface area contributed by atoms with Crippen LogP contribution < -0.4 is 0 Å². The lowest BCUT2D eigenvalue weighted by atomic mass is 10.3. The number of aromatic nitrogens is 3. The second-order valence-corrected chi connectivity index (χ2v) is 2.57. The maximum Gasteiger partial charge on any atom is 0.185 e. The fourth-order valence-electron chi connectivity index (χ4n) is 1.11. The number of H-pyrrole nitrogens is 1. The van der Waals surface area contributed by atoms with E-state index in [0.29, 0.717) is 17.8 Å². The zero-order valence-electron chi connectivity index (χ0n) is 6.53. The van der Waals surface area contributed by atoms with Gasteiger partial charge in [-0.05, 0) is 18.6 Å². The van der Waals surface area contributed by atoms with E-state index < -0.39 is 0 Å². The molecule has 2 aromatic rings. The number of hydrogen-bond donors (Lipinski definition) is 1. The van der Waals surface area contributed by atoms with Crippen molar-refractivity contribution in [1.82, 2.24) is 15.0 Å². The van der Waals surface area contributed by atoms with Gasteiger partial charge in [-0.1, -0.05) is 0 Å². The Morgan fingerprint density at radius 1 is 1.58 bits per heavy atom. The Balaban J connectivity index is 2.82. The number of carbonyl (C=O) groups excluding carboxylic acids is 1. The lowest BCUT2D eigenvalue weighted by molar-refractivity contribution is 0.111. The highest BCUT2D eigenvalue weighted by Gasteiger charge is 2.03. The summed E-state index contributed by atoms with van der Waals surface area (Å²) in [6, 6.07) is 1.87. The predicted molar refractivity (Wildman–Crippen MR) is 44.0 cm³/mol. The first-order valence-corrected chi connectivity index (χ1v) is 3.58. The molecule has 4 nitrogen and oxygen atoms in total. The molecule has 2 rings (SSSR count). The van der Waals surface area contributed by atoms with Crippen molar-refractivity contribution in [2.45, 2.75) is 6.92 Å². The van der Waals surface area contributed by atoms with Crippen molar-refractivity contribution in [3.8, 4) is 0 Å². The van der Waals surface area contributed by atoms with E-state index in [9.17, 15) is 4.79 Å². The van der Waals surface area contributed by atoms with Crippen LogP contribution in [-0.4, -0.2) is 21.2 Å². The van der Waals surface area contributed by atoms with Crippen LogP contribution in [0.3, 0.4) is 0 Å². The smallest absolute Gasteiger partial charge is 0.185 e. The SMILES string of the molecule is Cc1ccnc2nc(C=O)[nH]c12. The van der Waals surface area contributed by atoms with Crippen LogP contribution >= 0.6 is 0 Å². The quantitative estimate of drug-likeness (QED) is 0.636. The van der Waals surface area contributed by atoms with Gasteiger partial charge in [0.25, 0.3) is 0 Å². The number of aldehydes is 1. The number of rotatable bonds is 1. The van der Waals surface area contributed by atoms with Gasteiger partial charge in [0.05, 0.1) is 5.52 Å². The second-order valence-electron chi connectivity index (χ2n) is 2.57. The van der Waals surface area contributed by atoms with E-state index in [-0.39, 0.29) is 0 Å². The first kappa shape index (κ1) is 6.97. The lowest BCUT2D eigenvalue weighted by Crippen LogP contribution is -1.79. The zero-order valence-corrected chi connectivity index (χ0v) is 6.53. The second kappa shape index (κ2) is 2.41. The molecule has 0 fully saturated rings. The highest BCUT2D eigenvalue weighted by Crippen LogP contribution is 2.11. The molecule has 0 radical (unpaired) electrons. The average molecular weight is 161 g/mol. The summed E-state index contributed by atoms with van der Waals surface area (Å²) in [5.74, 6) is 0.326. The molecule has 0 bridgehead atoms. The van der Waals surface area contributed by atoms with E-state index in [1.807, 2.05) is 13.0 Å². The molecule has 0 aliphatic rings. The molecular weight excluding hydrogens is 154 g/mol. The third-order valence-corrected chi connectivity index (χ3v) is 1.73. The first-order valence-electron chi connectivity index (χ1n) is 3.58. The minimum absolute atomic E-state index is 0.326. The van der Waals surface area contributed by atoms with Crippen molar-refractivity contribution in [3.63, 3.8) is 0 Å². The van der Waals surface area contributed by atoms with Crippen LogP contribution in [0.1, 0.15) is 16.2 Å². The Labute approximate surface area is 68.7 Å². The van der Waals surface area contributed by atoms with Crippen LogP contribution in [0, 0.1) is 6.92 Å². The molecule has 0 aliphatic carbocycles. The molecule has 0 spiro atoms. The zero-order chi connectivity index (χ0) is 8.55. The normalized spacial score (nSPS) is 10.4. The van der Waals surface area contributed by atoms with Crippen LogP contribution in [-0.2, 0) is 0 Å². The molecule has 4 heteroatoms. The molecule has 0 amide bonds. The summed E-state index contributed by atoms with van der Waals surface area (Å²) in [7, 11) is 0. The number of carbonyl (C=O) groups is 1. The molecule has 0 aliphatic heterocycles. The van der Waals surface area contributed by atoms with Gasteiger partial charge in [0.1, 0.15) is 0 Å². The number of nitrogens with zero attached hydrogens (tertiary/aromatic N) is 2. The first-order chi connectivity index (χ1) is 5.81. The van der Waals surface area contributed by atoms with Gasteiger partial charge in [0.2, 0.25) is 0 Å². The third kappa shape index (κ3) is 0.887. The summed E-state index contributed by atoms with van der Waals surface area (Å²) >= 11 is 0. The summed E-state index contributed by atoms with van der Waals surface area (Å²) in [6.07, 6.45) is 2.36. The van der Waals surface area contributed by atoms with Crippen LogP contribution in [0.4, 0.5) is 0 Å². The van der Waals surface area contributed by atoms with Crippen LogP contribution in [0.5, 0.6) is 0 Å². The van der Waals surface area contributed by atoms with Crippen molar-refractivity contribution in [3.05, 3.63) is 23.7 Å². The van der Waals surface area contributed by atoms with Crippen molar-refractivity contribution in [2.24, 2.45) is 0 Å². The Kier molecular flexibility index (Phi) is 1.40. The monoisotopic (exact) mass is 161 g/mol. The van der Waals surface area contributed by atoms with Gasteiger partial charge in [-0.3, -0.25) is 4.79 Å². The van der Waals surface area contributed by atoms with Gasteiger partial charge < -0.3 is 4.98 Å². The molecule has 0 unspecified atom stereocenters. The van der Waals surface area contributed by atoms with Gasteiger partial charge in [-0.15, -0.1) is 0 Å². The van der Waals surface area contributed by atoms with Gasteiger partial charge in [0, 0.05) is 6.20 Å². The Morgan fingerprint density at radius 3 is 3.08 bits per heavy atom. The topological polar surface area (TPSA) is 58.6 Å². The minimum Gasteiger partial charge on any atom is -0.334 e. The molecule has 2 aromatic heterocycles.